The van der Waals surface area contributed by atoms with Crippen molar-refractivity contribution in [1.29, 1.82) is 0 Å². The van der Waals surface area contributed by atoms with Crippen molar-refractivity contribution in [2.45, 2.75) is 31.7 Å². The van der Waals surface area contributed by atoms with E-state index in [-0.39, 0.29) is 5.56 Å². The number of hydrogen-bond acceptors (Lipinski definition) is 2. The van der Waals surface area contributed by atoms with Crippen LogP contribution in [0.1, 0.15) is 36.4 Å². The number of nitrogens with one attached hydrogen (secondary N) is 1. The van der Waals surface area contributed by atoms with Crippen LogP contribution in [0.25, 0.3) is 0 Å². The van der Waals surface area contributed by atoms with Crippen molar-refractivity contribution in [2.24, 2.45) is 7.05 Å². The van der Waals surface area contributed by atoms with Crippen molar-refractivity contribution >= 4 is 5.69 Å². The molecule has 3 rings (SSSR count). The second-order valence-corrected chi connectivity index (χ2v) is 5.51. The molecule has 1 aromatic heterocycles. The van der Waals surface area contributed by atoms with Crippen LogP contribution >= 0.6 is 0 Å². The molecule has 1 aromatic carbocycles. The molecule has 0 spiro atoms. The first kappa shape index (κ1) is 13.0. The highest BCUT2D eigenvalue weighted by Crippen LogP contribution is 2.31. The monoisotopic (exact) mass is 268 g/mol. The van der Waals surface area contributed by atoms with Gasteiger partial charge in [-0.15, -0.1) is 0 Å². The van der Waals surface area contributed by atoms with E-state index in [1.54, 1.807) is 17.7 Å². The van der Waals surface area contributed by atoms with E-state index in [4.69, 9.17) is 0 Å². The fourth-order valence-corrected chi connectivity index (χ4v) is 2.95. The Balaban J connectivity index is 1.90. The average molecular weight is 268 g/mol. The van der Waals surface area contributed by atoms with E-state index in [0.717, 1.165) is 12.1 Å². The number of fused-ring (bicyclic) bond motifs is 1. The molecule has 0 amide bonds. The molecule has 0 fully saturated rings. The molecule has 20 heavy (non-hydrogen) atoms. The van der Waals surface area contributed by atoms with Gasteiger partial charge in [-0.05, 0) is 36.5 Å². The maximum atomic E-state index is 11.5. The van der Waals surface area contributed by atoms with E-state index < -0.39 is 0 Å². The Hall–Kier alpha value is -2.03. The standard InChI is InChI=1S/C17H20N2O/c1-19-12-14(10-11-17(19)20)18-16-9-5-3-7-13-6-2-4-8-15(13)16/h2,4,6,8,10-12,16,18H,3,5,7,9H2,1H3. The van der Waals surface area contributed by atoms with Crippen molar-refractivity contribution in [3.05, 3.63) is 64.1 Å². The third-order valence-corrected chi connectivity index (χ3v) is 4.05. The Morgan fingerprint density at radius 1 is 1.15 bits per heavy atom. The van der Waals surface area contributed by atoms with E-state index in [9.17, 15) is 4.79 Å². The smallest absolute Gasteiger partial charge is 0.250 e. The molecule has 3 nitrogen and oxygen atoms in total. The molecule has 0 bridgehead atoms. The lowest BCUT2D eigenvalue weighted by atomic mass is 9.99. The fraction of sp³-hybridized carbons (Fsp3) is 0.353. The van der Waals surface area contributed by atoms with Crippen molar-refractivity contribution in [2.75, 3.05) is 5.32 Å². The molecule has 2 aromatic rings. The predicted octanol–water partition coefficient (Wildman–Crippen LogP) is 3.26. The molecule has 0 saturated heterocycles. The third kappa shape index (κ3) is 2.62. The van der Waals surface area contributed by atoms with Crippen molar-refractivity contribution in [1.82, 2.24) is 4.57 Å². The van der Waals surface area contributed by atoms with Gasteiger partial charge in [-0.25, -0.2) is 0 Å². The van der Waals surface area contributed by atoms with Gasteiger partial charge in [0.1, 0.15) is 0 Å². The van der Waals surface area contributed by atoms with Crippen LogP contribution in [0, 0.1) is 0 Å². The lowest BCUT2D eigenvalue weighted by Gasteiger charge is -2.20. The first-order chi connectivity index (χ1) is 9.74. The van der Waals surface area contributed by atoms with E-state index in [0.29, 0.717) is 6.04 Å². The van der Waals surface area contributed by atoms with E-state index in [2.05, 4.69) is 29.6 Å². The first-order valence-corrected chi connectivity index (χ1v) is 7.25. The number of pyridine rings is 1. The minimum atomic E-state index is 0.0248. The second-order valence-electron chi connectivity index (χ2n) is 5.51. The van der Waals surface area contributed by atoms with E-state index in [1.807, 2.05) is 12.3 Å². The van der Waals surface area contributed by atoms with Crippen LogP contribution in [0.5, 0.6) is 0 Å². The summed E-state index contributed by atoms with van der Waals surface area (Å²) in [5.41, 5.74) is 3.89. The van der Waals surface area contributed by atoms with Gasteiger partial charge >= 0.3 is 0 Å². The van der Waals surface area contributed by atoms with E-state index >= 15 is 0 Å². The number of aromatic nitrogens is 1. The minimum absolute atomic E-state index is 0.0248. The molecule has 1 aliphatic carbocycles. The summed E-state index contributed by atoms with van der Waals surface area (Å²) in [5.74, 6) is 0. The topological polar surface area (TPSA) is 34.0 Å². The molecule has 1 atom stereocenters. The molecule has 0 saturated carbocycles. The average Bonchev–Trinajstić information content (AvgIpc) is 2.66. The zero-order valence-electron chi connectivity index (χ0n) is 11.8. The summed E-state index contributed by atoms with van der Waals surface area (Å²) in [6.07, 6.45) is 6.66. The lowest BCUT2D eigenvalue weighted by molar-refractivity contribution is 0.643. The molecule has 1 N–H and O–H groups in total. The summed E-state index contributed by atoms with van der Waals surface area (Å²) in [7, 11) is 1.79. The van der Waals surface area contributed by atoms with Crippen LogP contribution in [0.2, 0.25) is 0 Å². The van der Waals surface area contributed by atoms with Gasteiger partial charge in [-0.3, -0.25) is 4.79 Å². The molecule has 0 radical (unpaired) electrons. The molecular weight excluding hydrogens is 248 g/mol. The summed E-state index contributed by atoms with van der Waals surface area (Å²) >= 11 is 0. The van der Waals surface area contributed by atoms with Gasteiger partial charge in [0.15, 0.2) is 0 Å². The zero-order valence-corrected chi connectivity index (χ0v) is 11.8. The summed E-state index contributed by atoms with van der Waals surface area (Å²) < 4.78 is 1.62. The highest BCUT2D eigenvalue weighted by molar-refractivity contribution is 5.45. The highest BCUT2D eigenvalue weighted by Gasteiger charge is 2.18. The van der Waals surface area contributed by atoms with Crippen molar-refractivity contribution < 1.29 is 0 Å². The first-order valence-electron chi connectivity index (χ1n) is 7.25. The van der Waals surface area contributed by atoms with Crippen LogP contribution in [-0.2, 0) is 13.5 Å². The number of rotatable bonds is 2. The normalized spacial score (nSPS) is 18.1. The number of nitrogens with zero attached hydrogens (tertiary/aromatic N) is 1. The van der Waals surface area contributed by atoms with Crippen LogP contribution < -0.4 is 10.9 Å². The Labute approximate surface area is 119 Å². The molecule has 3 heteroatoms. The van der Waals surface area contributed by atoms with Gasteiger partial charge in [0.2, 0.25) is 5.56 Å². The minimum Gasteiger partial charge on any atom is -0.377 e. The lowest BCUT2D eigenvalue weighted by Crippen LogP contribution is -2.17. The summed E-state index contributed by atoms with van der Waals surface area (Å²) in [5, 5.41) is 3.59. The quantitative estimate of drug-likeness (QED) is 0.848. The number of aryl methyl sites for hydroxylation is 2. The predicted molar refractivity (Wildman–Crippen MR) is 82.0 cm³/mol. The molecule has 1 unspecified atom stereocenters. The van der Waals surface area contributed by atoms with Gasteiger partial charge in [0, 0.05) is 19.3 Å². The highest BCUT2D eigenvalue weighted by atomic mass is 16.1. The van der Waals surface area contributed by atoms with Crippen LogP contribution in [-0.4, -0.2) is 4.57 Å². The fourth-order valence-electron chi connectivity index (χ4n) is 2.95. The third-order valence-electron chi connectivity index (χ3n) is 4.05. The Kier molecular flexibility index (Phi) is 3.59. The van der Waals surface area contributed by atoms with Crippen molar-refractivity contribution in [3.63, 3.8) is 0 Å². The Bertz CT molecular complexity index is 660. The maximum Gasteiger partial charge on any atom is 0.250 e. The SMILES string of the molecule is Cn1cc(NC2CCCCc3ccccc32)ccc1=O. The summed E-state index contributed by atoms with van der Waals surface area (Å²) in [4.78, 5) is 11.5. The largest absolute Gasteiger partial charge is 0.377 e. The molecule has 1 aliphatic rings. The summed E-state index contributed by atoms with van der Waals surface area (Å²) in [6, 6.07) is 12.5. The van der Waals surface area contributed by atoms with Gasteiger partial charge in [-0.2, -0.15) is 0 Å². The number of benzene rings is 1. The molecule has 104 valence electrons. The number of hydrogen-bond donors (Lipinski definition) is 1. The van der Waals surface area contributed by atoms with Crippen LogP contribution in [0.15, 0.2) is 47.4 Å². The van der Waals surface area contributed by atoms with Gasteiger partial charge in [0.05, 0.1) is 11.7 Å². The van der Waals surface area contributed by atoms with E-state index in [1.165, 1.54) is 30.4 Å². The molecule has 1 heterocycles. The Morgan fingerprint density at radius 3 is 2.85 bits per heavy atom. The van der Waals surface area contributed by atoms with Gasteiger partial charge in [-0.1, -0.05) is 30.7 Å². The zero-order chi connectivity index (χ0) is 13.9. The molecular formula is C17H20N2O. The van der Waals surface area contributed by atoms with Crippen molar-refractivity contribution in [3.8, 4) is 0 Å². The van der Waals surface area contributed by atoms with Gasteiger partial charge in [0.25, 0.3) is 0 Å². The summed E-state index contributed by atoms with van der Waals surface area (Å²) in [6.45, 7) is 0. The molecule has 0 aliphatic heterocycles. The second kappa shape index (κ2) is 5.53. The van der Waals surface area contributed by atoms with Gasteiger partial charge < -0.3 is 9.88 Å². The van der Waals surface area contributed by atoms with Crippen LogP contribution in [0.3, 0.4) is 0 Å². The maximum absolute atomic E-state index is 11.5. The number of anilines is 1. The van der Waals surface area contributed by atoms with Crippen LogP contribution in [0.4, 0.5) is 5.69 Å². The Morgan fingerprint density at radius 2 is 2.00 bits per heavy atom.